The van der Waals surface area contributed by atoms with Crippen LogP contribution in [0.25, 0.3) is 11.0 Å². The fraction of sp³-hybridized carbons (Fsp3) is 0.450. The van der Waals surface area contributed by atoms with Gasteiger partial charge in [-0.3, -0.25) is 14.5 Å². The van der Waals surface area contributed by atoms with Gasteiger partial charge in [0.15, 0.2) is 11.5 Å². The molecule has 9 heteroatoms. The number of piperidine rings is 1. The second-order valence-corrected chi connectivity index (χ2v) is 6.78. The monoisotopic (exact) mass is 425 g/mol. The molecule has 1 aliphatic rings. The molecule has 1 fully saturated rings. The smallest absolute Gasteiger partial charge is 0.336 e. The minimum Gasteiger partial charge on any atom is -0.423 e. The summed E-state index contributed by atoms with van der Waals surface area (Å²) >= 11 is 0. The Hall–Kier alpha value is -2.42. The largest absolute Gasteiger partial charge is 0.423 e. The quantitative estimate of drug-likeness (QED) is 0.410. The number of ether oxygens (including phenoxy) is 3. The normalized spacial score (nSPS) is 15.0. The Labute approximate surface area is 174 Å². The first-order chi connectivity index (χ1) is 13.4. The van der Waals surface area contributed by atoms with Crippen molar-refractivity contribution in [1.29, 1.82) is 0 Å². The second kappa shape index (κ2) is 9.87. The Bertz CT molecular complexity index is 948. The summed E-state index contributed by atoms with van der Waals surface area (Å²) in [5.74, 6) is -1.000. The highest BCUT2D eigenvalue weighted by Gasteiger charge is 2.21. The summed E-state index contributed by atoms with van der Waals surface area (Å²) in [6, 6.07) is 4.40. The molecule has 1 aliphatic heterocycles. The number of nitrogens with zero attached hydrogens (tertiary/aromatic N) is 1. The number of likely N-dealkylation sites (tertiary alicyclic amines) is 1. The lowest BCUT2D eigenvalue weighted by Crippen LogP contribution is -2.36. The number of carbonyl (C=O) groups is 2. The third kappa shape index (κ3) is 5.79. The molecule has 2 aromatic rings. The van der Waals surface area contributed by atoms with E-state index < -0.39 is 17.6 Å². The van der Waals surface area contributed by atoms with Crippen molar-refractivity contribution in [3.8, 4) is 11.5 Å². The van der Waals surface area contributed by atoms with Gasteiger partial charge in [0.2, 0.25) is 0 Å². The second-order valence-electron chi connectivity index (χ2n) is 6.78. The van der Waals surface area contributed by atoms with Gasteiger partial charge < -0.3 is 18.6 Å². The van der Waals surface area contributed by atoms with E-state index in [4.69, 9.17) is 18.6 Å². The molecule has 0 saturated carbocycles. The van der Waals surface area contributed by atoms with Crippen LogP contribution in [0, 0.1) is 0 Å². The highest BCUT2D eigenvalue weighted by atomic mass is 35.5. The van der Waals surface area contributed by atoms with Crippen LogP contribution in [-0.2, 0) is 20.9 Å². The molecule has 1 aromatic carbocycles. The molecule has 29 heavy (non-hydrogen) atoms. The summed E-state index contributed by atoms with van der Waals surface area (Å²) in [5.41, 5.74) is 0.523. The van der Waals surface area contributed by atoms with E-state index in [2.05, 4.69) is 4.90 Å². The number of hydrogen-bond acceptors (Lipinski definition) is 8. The number of fused-ring (bicyclic) bond motifs is 1. The fourth-order valence-electron chi connectivity index (χ4n) is 3.38. The Morgan fingerprint density at radius 1 is 1.07 bits per heavy atom. The van der Waals surface area contributed by atoms with Crippen LogP contribution in [0.5, 0.6) is 11.5 Å². The number of benzene rings is 1. The number of rotatable bonds is 5. The molecule has 0 N–H and O–H groups in total. The van der Waals surface area contributed by atoms with Crippen LogP contribution in [0.2, 0.25) is 0 Å². The van der Waals surface area contributed by atoms with Gasteiger partial charge in [-0.15, -0.1) is 12.4 Å². The zero-order valence-electron chi connectivity index (χ0n) is 16.6. The lowest BCUT2D eigenvalue weighted by Gasteiger charge is -2.31. The van der Waals surface area contributed by atoms with Crippen LogP contribution in [-0.4, -0.2) is 43.1 Å². The van der Waals surface area contributed by atoms with Crippen molar-refractivity contribution < 1.29 is 28.2 Å². The van der Waals surface area contributed by atoms with E-state index in [1.165, 1.54) is 26.0 Å². The van der Waals surface area contributed by atoms with E-state index >= 15 is 0 Å². The van der Waals surface area contributed by atoms with Gasteiger partial charge >= 0.3 is 17.6 Å². The molecule has 0 amide bonds. The number of carbonyl (C=O) groups excluding carboxylic acids is 2. The topological polar surface area (TPSA) is 95.3 Å². The molecule has 8 nitrogen and oxygen atoms in total. The van der Waals surface area contributed by atoms with Crippen LogP contribution in [0.1, 0.15) is 32.3 Å². The maximum absolute atomic E-state index is 12.0. The lowest BCUT2D eigenvalue weighted by molar-refractivity contribution is -0.134. The maximum Gasteiger partial charge on any atom is 0.336 e. The summed E-state index contributed by atoms with van der Waals surface area (Å²) in [4.78, 5) is 37.1. The van der Waals surface area contributed by atoms with Crippen molar-refractivity contribution in [1.82, 2.24) is 4.90 Å². The average Bonchev–Trinajstić information content (AvgIpc) is 2.62. The standard InChI is InChI=1S/C20H23NO7.ClH/c1-12(22)26-18-9-16-14(11-21-6-4-15(25-3)5-7-21)8-20(24)28-17(16)10-19(18)27-13(2)23;/h8-10,15H,4-7,11H2,1-3H3;1H. The van der Waals surface area contributed by atoms with Gasteiger partial charge in [0.05, 0.1) is 6.10 Å². The summed E-state index contributed by atoms with van der Waals surface area (Å²) in [5, 5.41) is 0.626. The van der Waals surface area contributed by atoms with Gasteiger partial charge in [-0.1, -0.05) is 0 Å². The van der Waals surface area contributed by atoms with Crippen LogP contribution >= 0.6 is 12.4 Å². The molecule has 2 heterocycles. The van der Waals surface area contributed by atoms with Gasteiger partial charge in [-0.05, 0) is 24.5 Å². The number of halogens is 1. The zero-order chi connectivity index (χ0) is 20.3. The van der Waals surface area contributed by atoms with Gasteiger partial charge in [-0.25, -0.2) is 4.79 Å². The van der Waals surface area contributed by atoms with Gasteiger partial charge in [0, 0.05) is 58.1 Å². The van der Waals surface area contributed by atoms with Gasteiger partial charge in [-0.2, -0.15) is 0 Å². The fourth-order valence-corrected chi connectivity index (χ4v) is 3.38. The molecule has 0 radical (unpaired) electrons. The van der Waals surface area contributed by atoms with E-state index in [0.29, 0.717) is 11.9 Å². The first-order valence-electron chi connectivity index (χ1n) is 9.08. The molecular weight excluding hydrogens is 402 g/mol. The summed E-state index contributed by atoms with van der Waals surface area (Å²) < 4.78 is 21.0. The SMILES string of the molecule is COC1CCN(Cc2cc(=O)oc3cc(OC(C)=O)c(OC(C)=O)cc23)CC1.Cl. The third-order valence-corrected chi connectivity index (χ3v) is 4.66. The zero-order valence-corrected chi connectivity index (χ0v) is 17.4. The molecule has 3 rings (SSSR count). The van der Waals surface area contributed by atoms with Crippen LogP contribution in [0.3, 0.4) is 0 Å². The first kappa shape index (κ1) is 22.9. The summed E-state index contributed by atoms with van der Waals surface area (Å²) in [6.07, 6.45) is 2.10. The molecule has 0 atom stereocenters. The molecule has 0 bridgehead atoms. The van der Waals surface area contributed by atoms with E-state index in [9.17, 15) is 14.4 Å². The van der Waals surface area contributed by atoms with Gasteiger partial charge in [0.25, 0.3) is 0 Å². The molecule has 0 spiro atoms. The van der Waals surface area contributed by atoms with Crippen molar-refractivity contribution in [3.05, 3.63) is 34.2 Å². The van der Waals surface area contributed by atoms with Crippen LogP contribution in [0.4, 0.5) is 0 Å². The van der Waals surface area contributed by atoms with E-state index in [-0.39, 0.29) is 35.6 Å². The Kier molecular flexibility index (Phi) is 7.78. The number of hydrogen-bond donors (Lipinski definition) is 0. The summed E-state index contributed by atoms with van der Waals surface area (Å²) in [6.45, 7) is 4.74. The Morgan fingerprint density at radius 2 is 1.66 bits per heavy atom. The van der Waals surface area contributed by atoms with Crippen molar-refractivity contribution in [2.75, 3.05) is 20.2 Å². The highest BCUT2D eigenvalue weighted by Crippen LogP contribution is 2.34. The Morgan fingerprint density at radius 3 is 2.21 bits per heavy atom. The van der Waals surface area contributed by atoms with Gasteiger partial charge in [0.1, 0.15) is 5.58 Å². The van der Waals surface area contributed by atoms with E-state index in [1.807, 2.05) is 0 Å². The van der Waals surface area contributed by atoms with Crippen molar-refractivity contribution in [2.45, 2.75) is 39.3 Å². The molecule has 0 aliphatic carbocycles. The van der Waals surface area contributed by atoms with Crippen LogP contribution < -0.4 is 15.1 Å². The highest BCUT2D eigenvalue weighted by molar-refractivity contribution is 5.86. The predicted molar refractivity (Wildman–Crippen MR) is 108 cm³/mol. The van der Waals surface area contributed by atoms with E-state index in [0.717, 1.165) is 31.5 Å². The minimum absolute atomic E-state index is 0. The lowest BCUT2D eigenvalue weighted by atomic mass is 10.0. The average molecular weight is 426 g/mol. The predicted octanol–water partition coefficient (Wildman–Crippen LogP) is 2.68. The van der Waals surface area contributed by atoms with Crippen molar-refractivity contribution >= 4 is 35.3 Å². The number of methoxy groups -OCH3 is 1. The number of esters is 2. The van der Waals surface area contributed by atoms with Crippen molar-refractivity contribution in [3.63, 3.8) is 0 Å². The molecule has 1 saturated heterocycles. The molecular formula is C20H24ClNO7. The Balaban J connectivity index is 0.00000300. The summed E-state index contributed by atoms with van der Waals surface area (Å²) in [7, 11) is 1.72. The minimum atomic E-state index is -0.577. The third-order valence-electron chi connectivity index (χ3n) is 4.66. The van der Waals surface area contributed by atoms with Crippen molar-refractivity contribution in [2.24, 2.45) is 0 Å². The van der Waals surface area contributed by atoms with E-state index in [1.54, 1.807) is 13.2 Å². The maximum atomic E-state index is 12.0. The first-order valence-corrected chi connectivity index (χ1v) is 9.08. The molecule has 1 aromatic heterocycles. The molecule has 0 unspecified atom stereocenters. The molecule has 158 valence electrons. The van der Waals surface area contributed by atoms with Crippen LogP contribution in [0.15, 0.2) is 27.4 Å².